The van der Waals surface area contributed by atoms with Gasteiger partial charge in [-0.1, -0.05) is 23.4 Å². The van der Waals surface area contributed by atoms with Gasteiger partial charge >= 0.3 is 0 Å². The Labute approximate surface area is 126 Å². The molecule has 0 saturated heterocycles. The van der Waals surface area contributed by atoms with Crippen molar-refractivity contribution < 1.29 is 17.3 Å². The minimum atomic E-state index is -3.19. The fraction of sp³-hybridized carbons (Fsp3) is 0.385. The van der Waals surface area contributed by atoms with E-state index in [-0.39, 0.29) is 22.6 Å². The quantitative estimate of drug-likeness (QED) is 0.811. The first-order chi connectivity index (χ1) is 9.85. The summed E-state index contributed by atoms with van der Waals surface area (Å²) in [5, 5.41) is 3.54. The fourth-order valence-electron chi connectivity index (χ4n) is 1.73. The Morgan fingerprint density at radius 1 is 1.38 bits per heavy atom. The van der Waals surface area contributed by atoms with Gasteiger partial charge in [0.15, 0.2) is 15.7 Å². The highest BCUT2D eigenvalue weighted by molar-refractivity contribution is 7.98. The van der Waals surface area contributed by atoms with Crippen molar-refractivity contribution in [3.8, 4) is 0 Å². The largest absolute Gasteiger partial charge is 0.338 e. The van der Waals surface area contributed by atoms with Crippen LogP contribution < -0.4 is 0 Å². The van der Waals surface area contributed by atoms with Gasteiger partial charge < -0.3 is 4.52 Å². The van der Waals surface area contributed by atoms with E-state index in [2.05, 4.69) is 10.1 Å². The second kappa shape index (κ2) is 6.57. The minimum Gasteiger partial charge on any atom is -0.338 e. The highest BCUT2D eigenvalue weighted by Gasteiger charge is 2.15. The number of hydrogen-bond donors (Lipinski definition) is 0. The van der Waals surface area contributed by atoms with E-state index in [1.54, 1.807) is 18.2 Å². The Bertz CT molecular complexity index is 716. The molecule has 0 spiro atoms. The van der Waals surface area contributed by atoms with Crippen LogP contribution in [0.4, 0.5) is 4.39 Å². The molecule has 1 aromatic heterocycles. The fourth-order valence-corrected chi connectivity index (χ4v) is 3.20. The molecule has 0 unspecified atom stereocenters. The Morgan fingerprint density at radius 2 is 2.10 bits per heavy atom. The van der Waals surface area contributed by atoms with E-state index in [0.29, 0.717) is 17.2 Å². The van der Waals surface area contributed by atoms with Crippen LogP contribution >= 0.6 is 11.8 Å². The molecular weight excluding hydrogens is 315 g/mol. The van der Waals surface area contributed by atoms with E-state index in [1.807, 2.05) is 6.92 Å². The van der Waals surface area contributed by atoms with Crippen LogP contribution in [0.15, 0.2) is 28.8 Å². The third kappa shape index (κ3) is 4.82. The molecule has 0 aliphatic heterocycles. The first-order valence-electron chi connectivity index (χ1n) is 6.20. The Hall–Kier alpha value is -1.41. The molecule has 0 fully saturated rings. The molecule has 0 aliphatic carbocycles. The van der Waals surface area contributed by atoms with Gasteiger partial charge in [0.2, 0.25) is 5.89 Å². The number of hydrogen-bond acceptors (Lipinski definition) is 6. The average Bonchev–Trinajstić information content (AvgIpc) is 2.82. The second-order valence-corrected chi connectivity index (χ2v) is 8.12. The number of benzene rings is 1. The third-order valence-electron chi connectivity index (χ3n) is 2.70. The zero-order chi connectivity index (χ0) is 15.5. The van der Waals surface area contributed by atoms with Crippen molar-refractivity contribution >= 4 is 21.6 Å². The first-order valence-corrected chi connectivity index (χ1v) is 9.31. The smallest absolute Gasteiger partial charge is 0.236 e. The Morgan fingerprint density at radius 3 is 2.76 bits per heavy atom. The number of rotatable bonds is 6. The van der Waals surface area contributed by atoms with Crippen molar-refractivity contribution in [2.45, 2.75) is 23.7 Å². The molecule has 21 heavy (non-hydrogen) atoms. The summed E-state index contributed by atoms with van der Waals surface area (Å²) in [5.41, 5.74) is 0.610. The molecule has 8 heteroatoms. The molecule has 0 amide bonds. The van der Waals surface area contributed by atoms with Crippen molar-refractivity contribution in [1.29, 1.82) is 0 Å². The van der Waals surface area contributed by atoms with Gasteiger partial charge in [-0.3, -0.25) is 0 Å². The molecule has 1 aromatic carbocycles. The lowest BCUT2D eigenvalue weighted by Gasteiger charge is -2.10. The summed E-state index contributed by atoms with van der Waals surface area (Å²) in [4.78, 5) is 4.01. The topological polar surface area (TPSA) is 73.1 Å². The zero-order valence-corrected chi connectivity index (χ0v) is 13.2. The van der Waals surface area contributed by atoms with Crippen LogP contribution in [0, 0.1) is 5.82 Å². The van der Waals surface area contributed by atoms with Crippen molar-refractivity contribution in [1.82, 2.24) is 10.1 Å². The predicted molar refractivity (Wildman–Crippen MR) is 79.0 cm³/mol. The highest BCUT2D eigenvalue weighted by Crippen LogP contribution is 2.31. The van der Waals surface area contributed by atoms with Crippen LogP contribution in [0.3, 0.4) is 0 Å². The van der Waals surface area contributed by atoms with Gasteiger partial charge in [0.1, 0.15) is 11.6 Å². The maximum absolute atomic E-state index is 13.6. The van der Waals surface area contributed by atoms with Gasteiger partial charge in [-0.15, -0.1) is 11.8 Å². The number of thioether (sulfide) groups is 1. The summed E-state index contributed by atoms with van der Waals surface area (Å²) < 4.78 is 40.9. The van der Waals surface area contributed by atoms with E-state index >= 15 is 0 Å². The average molecular weight is 330 g/mol. The van der Waals surface area contributed by atoms with E-state index in [1.165, 1.54) is 17.8 Å². The van der Waals surface area contributed by atoms with Crippen LogP contribution in [-0.4, -0.2) is 24.8 Å². The standard InChI is InChI=1S/C13H15FN2O3S2/c1-9(10-5-3-4-6-11(10)14)20-7-13-15-12(16-19-13)8-21(2,17)18/h3-6,9H,7-8H2,1-2H3/t9-/m1/s1. The van der Waals surface area contributed by atoms with Gasteiger partial charge in [-0.2, -0.15) is 4.98 Å². The number of nitrogens with zero attached hydrogens (tertiary/aromatic N) is 2. The molecule has 2 rings (SSSR count). The lowest BCUT2D eigenvalue weighted by Crippen LogP contribution is -2.02. The van der Waals surface area contributed by atoms with Gasteiger partial charge in [-0.05, 0) is 13.0 Å². The Kier molecular flexibility index (Phi) is 5.00. The van der Waals surface area contributed by atoms with Crippen molar-refractivity contribution in [3.63, 3.8) is 0 Å². The molecule has 0 saturated carbocycles. The van der Waals surface area contributed by atoms with E-state index in [9.17, 15) is 12.8 Å². The molecule has 5 nitrogen and oxygen atoms in total. The molecule has 0 radical (unpaired) electrons. The van der Waals surface area contributed by atoms with Crippen LogP contribution in [0.2, 0.25) is 0 Å². The van der Waals surface area contributed by atoms with Crippen LogP contribution in [-0.2, 0) is 21.3 Å². The number of sulfone groups is 1. The predicted octanol–water partition coefficient (Wildman–Crippen LogP) is 2.75. The van der Waals surface area contributed by atoms with Crippen LogP contribution in [0.25, 0.3) is 0 Å². The molecule has 1 heterocycles. The lowest BCUT2D eigenvalue weighted by molar-refractivity contribution is 0.386. The summed E-state index contributed by atoms with van der Waals surface area (Å²) in [6, 6.07) is 6.58. The summed E-state index contributed by atoms with van der Waals surface area (Å²) in [7, 11) is -3.19. The monoisotopic (exact) mass is 330 g/mol. The first kappa shape index (κ1) is 16.0. The molecule has 0 bridgehead atoms. The summed E-state index contributed by atoms with van der Waals surface area (Å²) in [6.45, 7) is 1.89. The molecule has 114 valence electrons. The van der Waals surface area contributed by atoms with Crippen LogP contribution in [0.1, 0.15) is 29.5 Å². The molecule has 1 atom stereocenters. The number of aromatic nitrogens is 2. The molecule has 0 N–H and O–H groups in total. The maximum atomic E-state index is 13.6. The maximum Gasteiger partial charge on any atom is 0.236 e. The summed E-state index contributed by atoms with van der Waals surface area (Å²) in [5.74, 6) is 0.380. The van der Waals surface area contributed by atoms with Gasteiger partial charge in [-0.25, -0.2) is 12.8 Å². The molecule has 0 aliphatic rings. The summed E-state index contributed by atoms with van der Waals surface area (Å²) >= 11 is 1.44. The summed E-state index contributed by atoms with van der Waals surface area (Å²) in [6.07, 6.45) is 1.11. The van der Waals surface area contributed by atoms with Crippen molar-refractivity contribution in [2.24, 2.45) is 0 Å². The van der Waals surface area contributed by atoms with E-state index < -0.39 is 9.84 Å². The molecular formula is C13H15FN2O3S2. The lowest BCUT2D eigenvalue weighted by atomic mass is 10.1. The van der Waals surface area contributed by atoms with Gasteiger partial charge in [0, 0.05) is 17.1 Å². The third-order valence-corrected chi connectivity index (χ3v) is 4.65. The van der Waals surface area contributed by atoms with Crippen LogP contribution in [0.5, 0.6) is 0 Å². The zero-order valence-electron chi connectivity index (χ0n) is 11.6. The molecule has 2 aromatic rings. The van der Waals surface area contributed by atoms with Gasteiger partial charge in [0.05, 0.1) is 5.75 Å². The minimum absolute atomic E-state index is 0.0727. The van der Waals surface area contributed by atoms with Gasteiger partial charge in [0.25, 0.3) is 0 Å². The van der Waals surface area contributed by atoms with E-state index in [4.69, 9.17) is 4.52 Å². The SMILES string of the molecule is C[C@@H](SCc1nc(CS(C)(=O)=O)no1)c1ccccc1F. The van der Waals surface area contributed by atoms with Crippen molar-refractivity contribution in [2.75, 3.05) is 6.26 Å². The second-order valence-electron chi connectivity index (χ2n) is 4.65. The highest BCUT2D eigenvalue weighted by atomic mass is 32.2. The number of halogens is 1. The normalized spacial score (nSPS) is 13.3. The Balaban J connectivity index is 1.96. The van der Waals surface area contributed by atoms with E-state index in [0.717, 1.165) is 6.26 Å². The van der Waals surface area contributed by atoms with Crippen molar-refractivity contribution in [3.05, 3.63) is 47.4 Å².